The molecule has 0 radical (unpaired) electrons. The molecule has 0 spiro atoms. The molecule has 0 aliphatic carbocycles. The number of nitrogens with one attached hydrogen (secondary N) is 1. The SMILES string of the molecule is Cc1cccc(Cn2c(NCCCOC(C)C)nc3c2c(=O)n(C)c(=O)n3C)c1. The van der Waals surface area contributed by atoms with Crippen molar-refractivity contribution in [2.45, 2.75) is 39.8 Å². The number of nitrogens with zero attached hydrogens (tertiary/aromatic N) is 4. The zero-order valence-corrected chi connectivity index (χ0v) is 17.7. The topological polar surface area (TPSA) is 83.1 Å². The number of rotatable bonds is 8. The Balaban J connectivity index is 2.02. The van der Waals surface area contributed by atoms with E-state index in [1.54, 1.807) is 7.05 Å². The fraction of sp³-hybridized carbons (Fsp3) is 0.476. The Morgan fingerprint density at radius 2 is 1.93 bits per heavy atom. The van der Waals surface area contributed by atoms with E-state index in [0.717, 1.165) is 22.1 Å². The number of anilines is 1. The van der Waals surface area contributed by atoms with Crippen molar-refractivity contribution in [2.75, 3.05) is 18.5 Å². The van der Waals surface area contributed by atoms with Crippen LogP contribution in [-0.2, 0) is 25.4 Å². The number of benzene rings is 1. The molecule has 156 valence electrons. The fourth-order valence-electron chi connectivity index (χ4n) is 3.32. The molecule has 8 heteroatoms. The number of aromatic nitrogens is 4. The van der Waals surface area contributed by atoms with Gasteiger partial charge in [-0.3, -0.25) is 18.5 Å². The third-order valence-electron chi connectivity index (χ3n) is 4.83. The summed E-state index contributed by atoms with van der Waals surface area (Å²) in [5.74, 6) is 0.573. The van der Waals surface area contributed by atoms with Crippen molar-refractivity contribution in [1.29, 1.82) is 0 Å². The molecule has 0 bridgehead atoms. The molecule has 29 heavy (non-hydrogen) atoms. The molecule has 1 aromatic carbocycles. The van der Waals surface area contributed by atoms with E-state index in [1.165, 1.54) is 11.6 Å². The van der Waals surface area contributed by atoms with Crippen LogP contribution in [0.3, 0.4) is 0 Å². The zero-order valence-electron chi connectivity index (χ0n) is 17.7. The number of ether oxygens (including phenoxy) is 1. The van der Waals surface area contributed by atoms with Crippen LogP contribution < -0.4 is 16.6 Å². The summed E-state index contributed by atoms with van der Waals surface area (Å²) in [4.78, 5) is 29.8. The van der Waals surface area contributed by atoms with Crippen LogP contribution in [0, 0.1) is 6.92 Å². The quantitative estimate of drug-likeness (QED) is 0.586. The number of fused-ring (bicyclic) bond motifs is 1. The van der Waals surface area contributed by atoms with E-state index in [2.05, 4.69) is 16.4 Å². The zero-order chi connectivity index (χ0) is 21.1. The van der Waals surface area contributed by atoms with Crippen LogP contribution in [-0.4, -0.2) is 37.9 Å². The van der Waals surface area contributed by atoms with Crippen molar-refractivity contribution >= 4 is 17.1 Å². The lowest BCUT2D eigenvalue weighted by atomic mass is 10.1. The van der Waals surface area contributed by atoms with Gasteiger partial charge in [0, 0.05) is 27.2 Å². The summed E-state index contributed by atoms with van der Waals surface area (Å²) in [6.45, 7) is 7.82. The summed E-state index contributed by atoms with van der Waals surface area (Å²) in [5.41, 5.74) is 2.27. The lowest BCUT2D eigenvalue weighted by Gasteiger charge is -2.12. The lowest BCUT2D eigenvalue weighted by molar-refractivity contribution is 0.0787. The van der Waals surface area contributed by atoms with Crippen LogP contribution in [0.2, 0.25) is 0 Å². The Kier molecular flexibility index (Phi) is 6.22. The predicted molar refractivity (Wildman–Crippen MR) is 115 cm³/mol. The average molecular weight is 399 g/mol. The lowest BCUT2D eigenvalue weighted by Crippen LogP contribution is -2.37. The van der Waals surface area contributed by atoms with Crippen molar-refractivity contribution in [2.24, 2.45) is 14.1 Å². The monoisotopic (exact) mass is 399 g/mol. The van der Waals surface area contributed by atoms with E-state index in [1.807, 2.05) is 43.5 Å². The molecule has 3 aromatic rings. The number of aryl methyl sites for hydroxylation is 2. The van der Waals surface area contributed by atoms with Crippen molar-refractivity contribution in [1.82, 2.24) is 18.7 Å². The minimum Gasteiger partial charge on any atom is -0.379 e. The van der Waals surface area contributed by atoms with Gasteiger partial charge in [-0.1, -0.05) is 29.8 Å². The van der Waals surface area contributed by atoms with Crippen molar-refractivity contribution in [3.8, 4) is 0 Å². The highest BCUT2D eigenvalue weighted by atomic mass is 16.5. The van der Waals surface area contributed by atoms with Crippen molar-refractivity contribution in [3.63, 3.8) is 0 Å². The molecular weight excluding hydrogens is 370 g/mol. The molecule has 0 unspecified atom stereocenters. The van der Waals surface area contributed by atoms with Gasteiger partial charge in [-0.25, -0.2) is 4.79 Å². The second-order valence-corrected chi connectivity index (χ2v) is 7.59. The maximum atomic E-state index is 12.9. The average Bonchev–Trinajstić information content (AvgIpc) is 3.02. The molecule has 0 aliphatic rings. The molecule has 0 fully saturated rings. The first-order valence-electron chi connectivity index (χ1n) is 9.87. The first kappa shape index (κ1) is 20.9. The molecular formula is C21H29N5O3. The molecule has 0 aliphatic heterocycles. The van der Waals surface area contributed by atoms with Gasteiger partial charge in [0.05, 0.1) is 12.6 Å². The Morgan fingerprint density at radius 1 is 1.17 bits per heavy atom. The Hall–Kier alpha value is -2.87. The number of hydrogen-bond donors (Lipinski definition) is 1. The van der Waals surface area contributed by atoms with Gasteiger partial charge in [0.2, 0.25) is 5.95 Å². The van der Waals surface area contributed by atoms with Crippen LogP contribution in [0.25, 0.3) is 11.2 Å². The van der Waals surface area contributed by atoms with Gasteiger partial charge >= 0.3 is 5.69 Å². The number of imidazole rings is 1. The molecule has 0 saturated heterocycles. The van der Waals surface area contributed by atoms with Gasteiger partial charge in [-0.15, -0.1) is 0 Å². The van der Waals surface area contributed by atoms with E-state index >= 15 is 0 Å². The van der Waals surface area contributed by atoms with E-state index in [9.17, 15) is 9.59 Å². The Bertz CT molecular complexity index is 1120. The minimum atomic E-state index is -0.389. The number of hydrogen-bond acceptors (Lipinski definition) is 5. The molecule has 3 rings (SSSR count). The highest BCUT2D eigenvalue weighted by Crippen LogP contribution is 2.18. The molecule has 0 saturated carbocycles. The van der Waals surface area contributed by atoms with E-state index in [4.69, 9.17) is 4.74 Å². The van der Waals surface area contributed by atoms with E-state index < -0.39 is 0 Å². The Labute approximate surface area is 169 Å². The van der Waals surface area contributed by atoms with Gasteiger partial charge in [0.25, 0.3) is 5.56 Å². The summed E-state index contributed by atoms with van der Waals surface area (Å²) in [6.07, 6.45) is 1.00. The van der Waals surface area contributed by atoms with Crippen LogP contribution in [0.5, 0.6) is 0 Å². The fourth-order valence-corrected chi connectivity index (χ4v) is 3.32. The summed E-state index contributed by atoms with van der Waals surface area (Å²) < 4.78 is 9.97. The molecule has 2 heterocycles. The first-order valence-corrected chi connectivity index (χ1v) is 9.87. The van der Waals surface area contributed by atoms with Gasteiger partial charge < -0.3 is 10.1 Å². The molecule has 0 atom stereocenters. The van der Waals surface area contributed by atoms with Crippen LogP contribution >= 0.6 is 0 Å². The molecule has 2 aromatic heterocycles. The first-order chi connectivity index (χ1) is 13.8. The van der Waals surface area contributed by atoms with E-state index in [-0.39, 0.29) is 17.4 Å². The van der Waals surface area contributed by atoms with Crippen molar-refractivity contribution in [3.05, 3.63) is 56.2 Å². The minimum absolute atomic E-state index is 0.193. The maximum absolute atomic E-state index is 12.9. The van der Waals surface area contributed by atoms with Gasteiger partial charge in [0.1, 0.15) is 0 Å². The van der Waals surface area contributed by atoms with Crippen LogP contribution in [0.4, 0.5) is 5.95 Å². The highest BCUT2D eigenvalue weighted by molar-refractivity contribution is 5.74. The van der Waals surface area contributed by atoms with Crippen LogP contribution in [0.1, 0.15) is 31.4 Å². The standard InChI is InChI=1S/C21H29N5O3/c1-14(2)29-11-7-10-22-20-23-18-17(19(27)25(5)21(28)24(18)4)26(20)13-16-9-6-8-15(3)12-16/h6,8-9,12,14H,7,10-11,13H2,1-5H3,(H,22,23). The second-order valence-electron chi connectivity index (χ2n) is 7.59. The van der Waals surface area contributed by atoms with Crippen LogP contribution in [0.15, 0.2) is 33.9 Å². The molecule has 1 N–H and O–H groups in total. The predicted octanol–water partition coefficient (Wildman–Crippen LogP) is 2.02. The summed E-state index contributed by atoms with van der Waals surface area (Å²) in [6, 6.07) is 8.13. The van der Waals surface area contributed by atoms with Gasteiger partial charge in [-0.2, -0.15) is 4.98 Å². The summed E-state index contributed by atoms with van der Waals surface area (Å²) in [5, 5.41) is 3.31. The third-order valence-corrected chi connectivity index (χ3v) is 4.83. The smallest absolute Gasteiger partial charge is 0.332 e. The third kappa shape index (κ3) is 4.42. The summed E-state index contributed by atoms with van der Waals surface area (Å²) in [7, 11) is 3.12. The summed E-state index contributed by atoms with van der Waals surface area (Å²) >= 11 is 0. The maximum Gasteiger partial charge on any atom is 0.332 e. The largest absolute Gasteiger partial charge is 0.379 e. The van der Waals surface area contributed by atoms with Gasteiger partial charge in [0.15, 0.2) is 11.2 Å². The highest BCUT2D eigenvalue weighted by Gasteiger charge is 2.19. The normalized spacial score (nSPS) is 11.5. The second kappa shape index (κ2) is 8.65. The van der Waals surface area contributed by atoms with Crippen molar-refractivity contribution < 1.29 is 4.74 Å². The van der Waals surface area contributed by atoms with E-state index in [0.29, 0.717) is 36.8 Å². The molecule has 0 amide bonds. The Morgan fingerprint density at radius 3 is 2.62 bits per heavy atom. The van der Waals surface area contributed by atoms with Gasteiger partial charge in [-0.05, 0) is 32.8 Å². The molecule has 8 nitrogen and oxygen atoms in total.